The molecule has 1 aliphatic heterocycles. The minimum absolute atomic E-state index is 0.0304. The molecule has 1 N–H and O–H groups in total. The van der Waals surface area contributed by atoms with E-state index in [2.05, 4.69) is 0 Å². The van der Waals surface area contributed by atoms with E-state index in [0.717, 1.165) is 0 Å². The molecule has 0 aromatic carbocycles. The van der Waals surface area contributed by atoms with Gasteiger partial charge in [-0.1, -0.05) is 6.92 Å². The van der Waals surface area contributed by atoms with Crippen LogP contribution >= 0.6 is 0 Å². The van der Waals surface area contributed by atoms with Gasteiger partial charge in [-0.25, -0.2) is 0 Å². The van der Waals surface area contributed by atoms with E-state index in [-0.39, 0.29) is 24.5 Å². The lowest BCUT2D eigenvalue weighted by Crippen LogP contribution is -2.47. The van der Waals surface area contributed by atoms with Crippen molar-refractivity contribution in [3.05, 3.63) is 0 Å². The van der Waals surface area contributed by atoms with Gasteiger partial charge in [0.15, 0.2) is 0 Å². The largest absolute Gasteiger partial charge is 0.394 e. The lowest BCUT2D eigenvalue weighted by atomic mass is 10.1. The number of nitrogens with zero attached hydrogens (tertiary/aromatic N) is 1. The molecule has 0 radical (unpaired) electrons. The molecular weight excluding hydrogens is 210 g/mol. The Morgan fingerprint density at radius 3 is 3.06 bits per heavy atom. The minimum Gasteiger partial charge on any atom is -0.394 e. The summed E-state index contributed by atoms with van der Waals surface area (Å²) in [5.41, 5.74) is 0. The van der Waals surface area contributed by atoms with Crippen LogP contribution in [0.1, 0.15) is 13.3 Å². The number of ether oxygens (including phenoxy) is 2. The normalized spacial score (nSPS) is 23.2. The topological polar surface area (TPSA) is 59.0 Å². The van der Waals surface area contributed by atoms with Crippen LogP contribution in [0.3, 0.4) is 0 Å². The van der Waals surface area contributed by atoms with Gasteiger partial charge in [-0.2, -0.15) is 0 Å². The van der Waals surface area contributed by atoms with Crippen LogP contribution < -0.4 is 0 Å². The van der Waals surface area contributed by atoms with E-state index in [9.17, 15) is 4.79 Å². The summed E-state index contributed by atoms with van der Waals surface area (Å²) in [5.74, 6) is 0.347. The van der Waals surface area contributed by atoms with Crippen LogP contribution in [0.5, 0.6) is 0 Å². The lowest BCUT2D eigenvalue weighted by molar-refractivity contribution is -0.141. The van der Waals surface area contributed by atoms with E-state index in [1.165, 1.54) is 0 Å². The Labute approximate surface area is 96.3 Å². The van der Waals surface area contributed by atoms with Crippen molar-refractivity contribution >= 4 is 5.91 Å². The number of hydrogen-bond donors (Lipinski definition) is 1. The van der Waals surface area contributed by atoms with E-state index in [4.69, 9.17) is 14.6 Å². The maximum Gasteiger partial charge on any atom is 0.223 e. The standard InChI is InChI=1S/C11H21NO4/c1-9(8-15-2)5-11(14)12-3-4-16-10(6-12)7-13/h9-10,13H,3-8H2,1-2H3. The number of amides is 1. The summed E-state index contributed by atoms with van der Waals surface area (Å²) in [7, 11) is 1.64. The van der Waals surface area contributed by atoms with Crippen LogP contribution in [0.15, 0.2) is 0 Å². The highest BCUT2D eigenvalue weighted by atomic mass is 16.5. The van der Waals surface area contributed by atoms with Crippen molar-refractivity contribution < 1.29 is 19.4 Å². The first kappa shape index (κ1) is 13.4. The number of morpholine rings is 1. The lowest BCUT2D eigenvalue weighted by Gasteiger charge is -2.32. The van der Waals surface area contributed by atoms with Gasteiger partial charge in [-0.05, 0) is 5.92 Å². The van der Waals surface area contributed by atoms with Crippen LogP contribution in [-0.4, -0.2) is 62.0 Å². The van der Waals surface area contributed by atoms with E-state index >= 15 is 0 Å². The molecule has 5 heteroatoms. The third kappa shape index (κ3) is 4.08. The minimum atomic E-state index is -0.226. The van der Waals surface area contributed by atoms with Crippen LogP contribution in [0.25, 0.3) is 0 Å². The molecule has 0 aromatic rings. The van der Waals surface area contributed by atoms with Crippen molar-refractivity contribution in [3.8, 4) is 0 Å². The molecule has 1 amide bonds. The zero-order valence-electron chi connectivity index (χ0n) is 10.0. The molecular formula is C11H21NO4. The second-order valence-electron chi connectivity index (χ2n) is 4.28. The van der Waals surface area contributed by atoms with E-state index in [0.29, 0.717) is 32.7 Å². The Kier molecular flexibility index (Phi) is 5.73. The monoisotopic (exact) mass is 231 g/mol. The van der Waals surface area contributed by atoms with Crippen molar-refractivity contribution in [3.63, 3.8) is 0 Å². The number of carbonyl (C=O) groups is 1. The first-order valence-corrected chi connectivity index (χ1v) is 5.66. The maximum atomic E-state index is 11.9. The summed E-state index contributed by atoms with van der Waals surface area (Å²) < 4.78 is 10.3. The van der Waals surface area contributed by atoms with Crippen molar-refractivity contribution in [2.24, 2.45) is 5.92 Å². The van der Waals surface area contributed by atoms with Gasteiger partial charge in [0.2, 0.25) is 5.91 Å². The molecule has 0 aliphatic carbocycles. The fraction of sp³-hybridized carbons (Fsp3) is 0.909. The SMILES string of the molecule is COCC(C)CC(=O)N1CCOC(CO)C1. The van der Waals surface area contributed by atoms with Gasteiger partial charge in [0.1, 0.15) is 0 Å². The van der Waals surface area contributed by atoms with Crippen molar-refractivity contribution in [1.29, 1.82) is 0 Å². The zero-order chi connectivity index (χ0) is 12.0. The van der Waals surface area contributed by atoms with E-state index in [1.807, 2.05) is 6.92 Å². The molecule has 2 unspecified atom stereocenters. The number of hydrogen-bond acceptors (Lipinski definition) is 4. The first-order valence-electron chi connectivity index (χ1n) is 5.66. The summed E-state index contributed by atoms with van der Waals surface area (Å²) in [5, 5.41) is 8.97. The molecule has 1 aliphatic rings. The Bertz CT molecular complexity index is 222. The van der Waals surface area contributed by atoms with Crippen LogP contribution in [0.2, 0.25) is 0 Å². The van der Waals surface area contributed by atoms with Gasteiger partial charge in [-0.15, -0.1) is 0 Å². The molecule has 16 heavy (non-hydrogen) atoms. The Balaban J connectivity index is 2.35. The number of aliphatic hydroxyl groups is 1. The van der Waals surface area contributed by atoms with E-state index < -0.39 is 0 Å². The number of rotatable bonds is 5. The van der Waals surface area contributed by atoms with Crippen LogP contribution in [0, 0.1) is 5.92 Å². The van der Waals surface area contributed by atoms with Crippen LogP contribution in [-0.2, 0) is 14.3 Å². The fourth-order valence-corrected chi connectivity index (χ4v) is 1.83. The van der Waals surface area contributed by atoms with Gasteiger partial charge < -0.3 is 19.5 Å². The van der Waals surface area contributed by atoms with Gasteiger partial charge in [0.05, 0.1) is 19.3 Å². The molecule has 0 aromatic heterocycles. The van der Waals surface area contributed by atoms with Gasteiger partial charge >= 0.3 is 0 Å². The highest BCUT2D eigenvalue weighted by Crippen LogP contribution is 2.10. The van der Waals surface area contributed by atoms with Crippen molar-refractivity contribution in [2.75, 3.05) is 40.0 Å². The van der Waals surface area contributed by atoms with Gasteiger partial charge in [-0.3, -0.25) is 4.79 Å². The zero-order valence-corrected chi connectivity index (χ0v) is 10.0. The highest BCUT2D eigenvalue weighted by molar-refractivity contribution is 5.76. The maximum absolute atomic E-state index is 11.9. The third-order valence-electron chi connectivity index (χ3n) is 2.67. The average molecular weight is 231 g/mol. The molecule has 2 atom stereocenters. The van der Waals surface area contributed by atoms with Crippen molar-refractivity contribution in [2.45, 2.75) is 19.4 Å². The number of methoxy groups -OCH3 is 1. The summed E-state index contributed by atoms with van der Waals surface area (Å²) in [4.78, 5) is 13.6. The van der Waals surface area contributed by atoms with Crippen molar-refractivity contribution in [1.82, 2.24) is 4.90 Å². The molecule has 1 saturated heterocycles. The molecule has 1 rings (SSSR count). The molecule has 0 saturated carbocycles. The summed E-state index contributed by atoms with van der Waals surface area (Å²) >= 11 is 0. The second-order valence-corrected chi connectivity index (χ2v) is 4.28. The summed E-state index contributed by atoms with van der Waals surface area (Å²) in [6.07, 6.45) is 0.266. The smallest absolute Gasteiger partial charge is 0.223 e. The predicted octanol–water partition coefficient (Wildman–Crippen LogP) is -0.121. The molecule has 94 valence electrons. The summed E-state index contributed by atoms with van der Waals surface area (Å²) in [6.45, 7) is 4.18. The number of carbonyl (C=O) groups excluding carboxylic acids is 1. The van der Waals surface area contributed by atoms with Gasteiger partial charge in [0, 0.05) is 33.2 Å². The Hall–Kier alpha value is -0.650. The molecule has 0 spiro atoms. The summed E-state index contributed by atoms with van der Waals surface area (Å²) in [6, 6.07) is 0. The first-order chi connectivity index (χ1) is 7.67. The molecule has 0 bridgehead atoms. The second kappa shape index (κ2) is 6.83. The van der Waals surface area contributed by atoms with Crippen LogP contribution in [0.4, 0.5) is 0 Å². The quantitative estimate of drug-likeness (QED) is 0.716. The van der Waals surface area contributed by atoms with E-state index in [1.54, 1.807) is 12.0 Å². The fourth-order valence-electron chi connectivity index (χ4n) is 1.83. The number of aliphatic hydroxyl groups excluding tert-OH is 1. The molecule has 1 fully saturated rings. The molecule has 5 nitrogen and oxygen atoms in total. The Morgan fingerprint density at radius 1 is 1.69 bits per heavy atom. The predicted molar refractivity (Wildman–Crippen MR) is 59.1 cm³/mol. The van der Waals surface area contributed by atoms with Gasteiger partial charge in [0.25, 0.3) is 0 Å². The highest BCUT2D eigenvalue weighted by Gasteiger charge is 2.24. The third-order valence-corrected chi connectivity index (χ3v) is 2.67. The Morgan fingerprint density at radius 2 is 2.44 bits per heavy atom. The average Bonchev–Trinajstić information content (AvgIpc) is 2.29. The molecule has 1 heterocycles.